The van der Waals surface area contributed by atoms with Crippen molar-refractivity contribution in [2.24, 2.45) is 0 Å². The molecule has 10 aromatic carbocycles. The normalized spacial score (nSPS) is 14.2. The fourth-order valence-corrected chi connectivity index (χ4v) is 15.6. The molecule has 0 saturated carbocycles. The molecule has 0 aliphatic heterocycles. The summed E-state index contributed by atoms with van der Waals surface area (Å²) in [5.74, 6) is 0. The number of hydrogen-bond acceptors (Lipinski definition) is 4. The Balaban J connectivity index is 1.05. The van der Waals surface area contributed by atoms with Gasteiger partial charge in [-0.25, -0.2) is 0 Å². The Kier molecular flexibility index (Phi) is 10.6. The van der Waals surface area contributed by atoms with Crippen LogP contribution >= 0.6 is 22.7 Å². The topological polar surface area (TPSA) is 6.48 Å². The smallest absolute Gasteiger partial charge is 0.309 e. The fraction of sp³-hybridized carbons (Fsp3) is 0.118. The number of rotatable bonds is 6. The molecule has 0 amide bonds. The van der Waals surface area contributed by atoms with Gasteiger partial charge in [0.25, 0.3) is 0 Å². The van der Waals surface area contributed by atoms with E-state index in [9.17, 15) is 26.3 Å². The van der Waals surface area contributed by atoms with Crippen molar-refractivity contribution in [1.29, 1.82) is 0 Å². The molecular weight excluding hydrogens is 1020 g/mol. The minimum atomic E-state index is -4.54. The van der Waals surface area contributed by atoms with Gasteiger partial charge in [-0.3, -0.25) is 0 Å². The van der Waals surface area contributed by atoms with Gasteiger partial charge in [0, 0.05) is 59.1 Å². The third-order valence-corrected chi connectivity index (χ3v) is 18.8. The van der Waals surface area contributed by atoms with Crippen LogP contribution in [-0.4, -0.2) is 0 Å². The van der Waals surface area contributed by atoms with E-state index >= 15 is 0 Å². The van der Waals surface area contributed by atoms with Gasteiger partial charge >= 0.3 is 12.4 Å². The highest BCUT2D eigenvalue weighted by Gasteiger charge is 2.54. The Morgan fingerprint density at radius 1 is 0.346 bits per heavy atom. The van der Waals surface area contributed by atoms with Gasteiger partial charge in [0.15, 0.2) is 0 Å². The van der Waals surface area contributed by atoms with Crippen LogP contribution in [0.1, 0.15) is 69.5 Å². The Bertz CT molecular complexity index is 4180. The second-order valence-electron chi connectivity index (χ2n) is 21.1. The summed E-state index contributed by atoms with van der Waals surface area (Å²) in [6.45, 7) is 8.65. The molecule has 0 bridgehead atoms. The highest BCUT2D eigenvalue weighted by Crippen LogP contribution is 2.64. The summed E-state index contributed by atoms with van der Waals surface area (Å²) >= 11 is 2.34. The van der Waals surface area contributed by atoms with E-state index in [0.29, 0.717) is 10.8 Å². The summed E-state index contributed by atoms with van der Waals surface area (Å²) in [6.07, 6.45) is -9.07. The molecule has 2 aliphatic carbocycles. The number of anilines is 6. The zero-order valence-electron chi connectivity index (χ0n) is 42.6. The Morgan fingerprint density at radius 2 is 0.705 bits per heavy atom. The van der Waals surface area contributed by atoms with E-state index in [-0.39, 0.29) is 9.40 Å². The maximum Gasteiger partial charge on any atom is 0.417 e. The van der Waals surface area contributed by atoms with E-state index in [0.717, 1.165) is 111 Å². The summed E-state index contributed by atoms with van der Waals surface area (Å²) in [4.78, 5) is 4.39. The van der Waals surface area contributed by atoms with Crippen LogP contribution in [0.25, 0.3) is 51.5 Å². The standard InChI is InChI=1S/C68H46F6N2S2/c1-39-15-9-17-41(35-39)75(59-29-13-21-49-47-19-11-27-55(67(69,70)71)61(47)77-63(49)59)43-31-33-45-46-34-32-44(38-58(46)66(57(45)37-43)53-25-7-5-23-51(53)65(3,4)52-24-6-8-26-54(52)66)76(42-18-10-16-40(2)36-42)60-30-14-22-50-48-20-12-28-56(68(72,73)74)62(48)78-64(50)60/h5-38H,1-4H3. The van der Waals surface area contributed by atoms with Gasteiger partial charge in [0.05, 0.1) is 37.3 Å². The fourth-order valence-electron chi connectivity index (χ4n) is 13.0. The van der Waals surface area contributed by atoms with E-state index in [4.69, 9.17) is 0 Å². The number of benzene rings is 10. The Morgan fingerprint density at radius 3 is 1.10 bits per heavy atom. The van der Waals surface area contributed by atoms with Crippen LogP contribution in [0.3, 0.4) is 0 Å². The first-order valence-corrected chi connectivity index (χ1v) is 27.4. The molecule has 2 nitrogen and oxygen atoms in total. The second-order valence-corrected chi connectivity index (χ2v) is 23.2. The van der Waals surface area contributed by atoms with Crippen molar-refractivity contribution in [3.63, 3.8) is 0 Å². The average Bonchev–Trinajstić information content (AvgIpc) is 4.22. The molecule has 0 atom stereocenters. The van der Waals surface area contributed by atoms with Crippen LogP contribution in [0.4, 0.5) is 60.5 Å². The number of aryl methyl sites for hydroxylation is 2. The van der Waals surface area contributed by atoms with E-state index in [1.54, 1.807) is 12.1 Å². The Labute approximate surface area is 454 Å². The largest absolute Gasteiger partial charge is 0.417 e. The summed E-state index contributed by atoms with van der Waals surface area (Å²) in [5, 5.41) is 2.61. The molecule has 382 valence electrons. The molecule has 2 heterocycles. The predicted octanol–water partition coefficient (Wildman–Crippen LogP) is 21.0. The number of hydrogen-bond donors (Lipinski definition) is 0. The van der Waals surface area contributed by atoms with Gasteiger partial charge in [-0.15, -0.1) is 22.7 Å². The number of alkyl halides is 6. The summed E-state index contributed by atoms with van der Waals surface area (Å²) in [6, 6.07) is 67.7. The van der Waals surface area contributed by atoms with Gasteiger partial charge < -0.3 is 9.80 Å². The van der Waals surface area contributed by atoms with Crippen LogP contribution < -0.4 is 9.80 Å². The molecule has 10 heteroatoms. The molecule has 2 aliphatic rings. The van der Waals surface area contributed by atoms with Crippen LogP contribution in [0.5, 0.6) is 0 Å². The predicted molar refractivity (Wildman–Crippen MR) is 310 cm³/mol. The van der Waals surface area contributed by atoms with E-state index in [1.807, 2.05) is 74.5 Å². The molecular formula is C68H46F6N2S2. The minimum absolute atomic E-state index is 0.197. The van der Waals surface area contributed by atoms with Gasteiger partial charge in [0.1, 0.15) is 0 Å². The van der Waals surface area contributed by atoms with Crippen LogP contribution in [0.2, 0.25) is 0 Å². The van der Waals surface area contributed by atoms with Crippen LogP contribution in [0, 0.1) is 13.8 Å². The highest BCUT2D eigenvalue weighted by molar-refractivity contribution is 7.27. The third kappa shape index (κ3) is 7.01. The minimum Gasteiger partial charge on any atom is -0.309 e. The molecule has 0 N–H and O–H groups in total. The number of halogens is 6. The lowest BCUT2D eigenvalue weighted by Crippen LogP contribution is -2.40. The first-order chi connectivity index (χ1) is 37.5. The average molecular weight is 1070 g/mol. The SMILES string of the molecule is Cc1cccc(N(c2ccc3c(c2)C2(c4cc(N(c5cccc(C)c5)c5cccc6c5sc5c(C(F)(F)F)cccc56)ccc4-3)c3ccccc3C(C)(C)c3ccccc32)c2cccc3c2sc2c(C(F)(F)F)cccc23)c1. The maximum atomic E-state index is 14.7. The molecule has 78 heavy (non-hydrogen) atoms. The van der Waals surface area contributed by atoms with Crippen molar-refractivity contribution < 1.29 is 26.3 Å². The second kappa shape index (κ2) is 17.2. The Hall–Kier alpha value is -8.18. The lowest BCUT2D eigenvalue weighted by Gasteiger charge is -2.47. The highest BCUT2D eigenvalue weighted by atomic mass is 32.1. The van der Waals surface area contributed by atoms with Gasteiger partial charge in [-0.1, -0.05) is 147 Å². The third-order valence-electron chi connectivity index (χ3n) is 16.2. The van der Waals surface area contributed by atoms with Gasteiger partial charge in [0.2, 0.25) is 0 Å². The quantitative estimate of drug-likeness (QED) is 0.153. The van der Waals surface area contributed by atoms with Crippen LogP contribution in [0.15, 0.2) is 206 Å². The van der Waals surface area contributed by atoms with Crippen molar-refractivity contribution in [3.8, 4) is 11.1 Å². The summed E-state index contributed by atoms with van der Waals surface area (Å²) < 4.78 is 90.2. The van der Waals surface area contributed by atoms with Crippen LogP contribution in [-0.2, 0) is 23.2 Å². The van der Waals surface area contributed by atoms with E-state index < -0.39 is 34.3 Å². The molecule has 2 aromatic heterocycles. The van der Waals surface area contributed by atoms with E-state index in [1.165, 1.54) is 45.9 Å². The molecule has 14 rings (SSSR count). The van der Waals surface area contributed by atoms with Crippen molar-refractivity contribution in [2.45, 2.75) is 50.9 Å². The van der Waals surface area contributed by atoms with Gasteiger partial charge in [-0.05, 0) is 142 Å². The monoisotopic (exact) mass is 1070 g/mol. The molecule has 0 unspecified atom stereocenters. The zero-order chi connectivity index (χ0) is 53.6. The van der Waals surface area contributed by atoms with Crippen molar-refractivity contribution in [3.05, 3.63) is 262 Å². The number of nitrogens with zero attached hydrogens (tertiary/aromatic N) is 2. The lowest BCUT2D eigenvalue weighted by atomic mass is 9.55. The molecule has 1 spiro atoms. The number of fused-ring (bicyclic) bond motifs is 15. The maximum absolute atomic E-state index is 14.7. The summed E-state index contributed by atoms with van der Waals surface area (Å²) in [7, 11) is 0. The molecule has 0 radical (unpaired) electrons. The first-order valence-electron chi connectivity index (χ1n) is 25.8. The molecule has 12 aromatic rings. The van der Waals surface area contributed by atoms with Crippen molar-refractivity contribution in [1.82, 2.24) is 0 Å². The van der Waals surface area contributed by atoms with Gasteiger partial charge in [-0.2, -0.15) is 26.3 Å². The lowest BCUT2D eigenvalue weighted by molar-refractivity contribution is -0.137. The zero-order valence-corrected chi connectivity index (χ0v) is 44.2. The van der Waals surface area contributed by atoms with Crippen molar-refractivity contribution >= 4 is 97.1 Å². The van der Waals surface area contributed by atoms with Crippen molar-refractivity contribution in [2.75, 3.05) is 9.80 Å². The first kappa shape index (κ1) is 48.2. The molecule has 0 fully saturated rings. The molecule has 0 saturated heterocycles. The summed E-state index contributed by atoms with van der Waals surface area (Å²) in [5.41, 5.74) is 13.1. The number of thiophene rings is 2. The van der Waals surface area contributed by atoms with E-state index in [2.05, 4.69) is 133 Å².